The molecule has 0 bridgehead atoms. The second kappa shape index (κ2) is 5.16. The number of rotatable bonds is 3. The molecule has 2 rings (SSSR count). The van der Waals surface area contributed by atoms with E-state index in [1.807, 2.05) is 6.07 Å². The Kier molecular flexibility index (Phi) is 3.61. The van der Waals surface area contributed by atoms with E-state index in [4.69, 9.17) is 16.7 Å². The summed E-state index contributed by atoms with van der Waals surface area (Å²) in [6.07, 6.45) is 1.63. The molecule has 2 aromatic rings. The highest BCUT2D eigenvalue weighted by Crippen LogP contribution is 2.28. The van der Waals surface area contributed by atoms with Gasteiger partial charge in [-0.15, -0.1) is 0 Å². The van der Waals surface area contributed by atoms with E-state index in [9.17, 15) is 4.79 Å². The van der Waals surface area contributed by atoms with Crippen LogP contribution in [0.3, 0.4) is 0 Å². The number of hydrogen-bond acceptors (Lipinski definition) is 4. The maximum absolute atomic E-state index is 11.0. The van der Waals surface area contributed by atoms with Crippen LogP contribution >= 0.6 is 23.4 Å². The molecule has 0 saturated carbocycles. The lowest BCUT2D eigenvalue weighted by molar-refractivity contribution is 0.0692. The van der Waals surface area contributed by atoms with Crippen molar-refractivity contribution in [1.29, 1.82) is 0 Å². The molecule has 2 aromatic heterocycles. The zero-order chi connectivity index (χ0) is 12.3. The van der Waals surface area contributed by atoms with Gasteiger partial charge in [-0.1, -0.05) is 17.7 Å². The van der Waals surface area contributed by atoms with Gasteiger partial charge in [0.25, 0.3) is 0 Å². The van der Waals surface area contributed by atoms with Gasteiger partial charge in [0, 0.05) is 6.20 Å². The number of carbonyl (C=O) groups is 1. The van der Waals surface area contributed by atoms with Crippen molar-refractivity contribution in [3.63, 3.8) is 0 Å². The van der Waals surface area contributed by atoms with Crippen LogP contribution in [0.25, 0.3) is 0 Å². The predicted molar refractivity (Wildman–Crippen MR) is 64.6 cm³/mol. The Morgan fingerprint density at radius 1 is 1.29 bits per heavy atom. The van der Waals surface area contributed by atoms with E-state index in [1.54, 1.807) is 18.3 Å². The molecule has 0 saturated heterocycles. The van der Waals surface area contributed by atoms with Crippen molar-refractivity contribution in [2.45, 2.75) is 10.1 Å². The number of aromatic nitrogens is 2. The molecule has 17 heavy (non-hydrogen) atoms. The summed E-state index contributed by atoms with van der Waals surface area (Å²) in [5.74, 6) is -1.03. The summed E-state index contributed by atoms with van der Waals surface area (Å²) in [7, 11) is 0. The third kappa shape index (κ3) is 2.95. The fourth-order valence-corrected chi connectivity index (χ4v) is 2.23. The minimum Gasteiger partial charge on any atom is -0.478 e. The summed E-state index contributed by atoms with van der Waals surface area (Å²) < 4.78 is 0. The van der Waals surface area contributed by atoms with Crippen molar-refractivity contribution < 1.29 is 9.90 Å². The number of nitrogens with zero attached hydrogens (tertiary/aromatic N) is 2. The molecule has 0 spiro atoms. The molecule has 0 atom stereocenters. The van der Waals surface area contributed by atoms with E-state index in [0.29, 0.717) is 10.1 Å². The van der Waals surface area contributed by atoms with E-state index in [1.165, 1.54) is 23.9 Å². The molecule has 0 amide bonds. The quantitative estimate of drug-likeness (QED) is 0.866. The third-order valence-electron chi connectivity index (χ3n) is 1.90. The summed E-state index contributed by atoms with van der Waals surface area (Å²) in [6.45, 7) is 0. The number of hydrogen-bond donors (Lipinski definition) is 1. The molecule has 0 unspecified atom stereocenters. The zero-order valence-corrected chi connectivity index (χ0v) is 10.1. The van der Waals surface area contributed by atoms with Gasteiger partial charge in [-0.3, -0.25) is 0 Å². The van der Waals surface area contributed by atoms with Gasteiger partial charge in [0.1, 0.15) is 15.2 Å². The number of aromatic carboxylic acids is 1. The van der Waals surface area contributed by atoms with Crippen molar-refractivity contribution in [2.75, 3.05) is 0 Å². The molecule has 0 aromatic carbocycles. The highest BCUT2D eigenvalue weighted by Gasteiger charge is 2.13. The van der Waals surface area contributed by atoms with Gasteiger partial charge in [-0.05, 0) is 36.0 Å². The second-order valence-electron chi connectivity index (χ2n) is 3.06. The van der Waals surface area contributed by atoms with Gasteiger partial charge in [-0.2, -0.15) is 0 Å². The Morgan fingerprint density at radius 2 is 2.12 bits per heavy atom. The van der Waals surface area contributed by atoms with Gasteiger partial charge < -0.3 is 5.11 Å². The fourth-order valence-electron chi connectivity index (χ4n) is 1.16. The van der Waals surface area contributed by atoms with E-state index in [0.717, 1.165) is 0 Å². The molecule has 0 aliphatic rings. The lowest BCUT2D eigenvalue weighted by atomic mass is 10.3. The third-order valence-corrected chi connectivity index (χ3v) is 3.06. The molecular formula is C11H7ClN2O2S. The van der Waals surface area contributed by atoms with Crippen LogP contribution in [0, 0.1) is 0 Å². The Bertz CT molecular complexity index is 548. The monoisotopic (exact) mass is 266 g/mol. The van der Waals surface area contributed by atoms with E-state index in [-0.39, 0.29) is 10.7 Å². The topological polar surface area (TPSA) is 63.1 Å². The van der Waals surface area contributed by atoms with Crippen molar-refractivity contribution in [2.24, 2.45) is 0 Å². The van der Waals surface area contributed by atoms with Crippen LogP contribution in [0.1, 0.15) is 10.4 Å². The molecule has 0 radical (unpaired) electrons. The van der Waals surface area contributed by atoms with Crippen LogP contribution in [0.2, 0.25) is 5.15 Å². The summed E-state index contributed by atoms with van der Waals surface area (Å²) in [6, 6.07) is 8.27. The minimum atomic E-state index is -1.03. The lowest BCUT2D eigenvalue weighted by Gasteiger charge is -2.04. The standard InChI is InChI=1S/C11H7ClN2O2S/c12-8-5-4-7(11(15)16)10(14-8)17-9-3-1-2-6-13-9/h1-6H,(H,15,16). The first kappa shape index (κ1) is 11.9. The van der Waals surface area contributed by atoms with Crippen LogP contribution in [0.5, 0.6) is 0 Å². The van der Waals surface area contributed by atoms with Gasteiger partial charge in [0.15, 0.2) is 0 Å². The molecular weight excluding hydrogens is 260 g/mol. The van der Waals surface area contributed by atoms with E-state index >= 15 is 0 Å². The molecule has 6 heteroatoms. The molecule has 2 heterocycles. The molecule has 0 fully saturated rings. The molecule has 4 nitrogen and oxygen atoms in total. The van der Waals surface area contributed by atoms with Gasteiger partial charge in [0.05, 0.1) is 5.56 Å². The van der Waals surface area contributed by atoms with Gasteiger partial charge in [-0.25, -0.2) is 14.8 Å². The summed E-state index contributed by atoms with van der Waals surface area (Å²) in [5.41, 5.74) is 0.116. The highest BCUT2D eigenvalue weighted by atomic mass is 35.5. The van der Waals surface area contributed by atoms with E-state index < -0.39 is 5.97 Å². The fraction of sp³-hybridized carbons (Fsp3) is 0. The zero-order valence-electron chi connectivity index (χ0n) is 8.50. The van der Waals surface area contributed by atoms with Crippen LogP contribution in [-0.4, -0.2) is 21.0 Å². The predicted octanol–water partition coefficient (Wildman–Crippen LogP) is 2.98. The normalized spacial score (nSPS) is 10.2. The number of carboxylic acids is 1. The SMILES string of the molecule is O=C(O)c1ccc(Cl)nc1Sc1ccccn1. The van der Waals surface area contributed by atoms with Crippen molar-refractivity contribution in [3.05, 3.63) is 47.2 Å². The first-order valence-electron chi connectivity index (χ1n) is 4.65. The van der Waals surface area contributed by atoms with Crippen molar-refractivity contribution in [3.8, 4) is 0 Å². The summed E-state index contributed by atoms with van der Waals surface area (Å²) in [5, 5.41) is 10.3. The smallest absolute Gasteiger partial charge is 0.338 e. The molecule has 1 N–H and O–H groups in total. The number of carboxylic acid groups (broad SMARTS) is 1. The van der Waals surface area contributed by atoms with Crippen molar-refractivity contribution in [1.82, 2.24) is 9.97 Å². The summed E-state index contributed by atoms with van der Waals surface area (Å²) in [4.78, 5) is 19.1. The highest BCUT2D eigenvalue weighted by molar-refractivity contribution is 7.99. The Hall–Kier alpha value is -1.59. The maximum Gasteiger partial charge on any atom is 0.338 e. The second-order valence-corrected chi connectivity index (χ2v) is 4.46. The summed E-state index contributed by atoms with van der Waals surface area (Å²) >= 11 is 6.92. The first-order chi connectivity index (χ1) is 8.16. The minimum absolute atomic E-state index is 0.116. The Balaban J connectivity index is 2.37. The molecule has 86 valence electrons. The number of halogens is 1. The van der Waals surface area contributed by atoms with E-state index in [2.05, 4.69) is 9.97 Å². The first-order valence-corrected chi connectivity index (χ1v) is 5.85. The average Bonchev–Trinajstić information content (AvgIpc) is 2.30. The molecule has 0 aliphatic heterocycles. The van der Waals surface area contributed by atoms with Crippen molar-refractivity contribution >= 4 is 29.3 Å². The lowest BCUT2D eigenvalue weighted by Crippen LogP contribution is -2.00. The largest absolute Gasteiger partial charge is 0.478 e. The van der Waals surface area contributed by atoms with Crippen LogP contribution in [0.4, 0.5) is 0 Å². The van der Waals surface area contributed by atoms with Crippen LogP contribution < -0.4 is 0 Å². The van der Waals surface area contributed by atoms with Gasteiger partial charge in [0.2, 0.25) is 0 Å². The average molecular weight is 267 g/mol. The maximum atomic E-state index is 11.0. The Morgan fingerprint density at radius 3 is 2.76 bits per heavy atom. The van der Waals surface area contributed by atoms with Crippen LogP contribution in [0.15, 0.2) is 46.6 Å². The Labute approximate surface area is 107 Å². The van der Waals surface area contributed by atoms with Gasteiger partial charge >= 0.3 is 5.97 Å². The molecule has 0 aliphatic carbocycles. The number of pyridine rings is 2. The van der Waals surface area contributed by atoms with Crippen LogP contribution in [-0.2, 0) is 0 Å².